The Bertz CT molecular complexity index is 290. The van der Waals surface area contributed by atoms with E-state index in [9.17, 15) is 19.8 Å². The second-order valence-electron chi connectivity index (χ2n) is 4.25. The van der Waals surface area contributed by atoms with Crippen molar-refractivity contribution >= 4 is 11.9 Å². The molecule has 106 valence electrons. The predicted octanol–water partition coefficient (Wildman–Crippen LogP) is -1.72. The first kappa shape index (κ1) is 16.8. The van der Waals surface area contributed by atoms with Crippen molar-refractivity contribution in [3.05, 3.63) is 0 Å². The fourth-order valence-electron chi connectivity index (χ4n) is 1.15. The van der Waals surface area contributed by atoms with Gasteiger partial charge in [-0.2, -0.15) is 0 Å². The van der Waals surface area contributed by atoms with Gasteiger partial charge in [-0.15, -0.1) is 0 Å². The fraction of sp³-hybridized carbons (Fsp3) is 0.800. The van der Waals surface area contributed by atoms with Crippen LogP contribution in [0.2, 0.25) is 0 Å². The number of aliphatic hydroxyl groups excluding tert-OH is 3. The number of carboxylic acid groups (broad SMARTS) is 2. The van der Waals surface area contributed by atoms with Crippen LogP contribution < -0.4 is 0 Å². The molecule has 8 nitrogen and oxygen atoms in total. The molecule has 4 atom stereocenters. The Balaban J connectivity index is 4.84. The van der Waals surface area contributed by atoms with Gasteiger partial charge < -0.3 is 30.3 Å². The van der Waals surface area contributed by atoms with Gasteiger partial charge in [-0.3, -0.25) is 0 Å². The number of carboxylic acids is 2. The molecule has 0 radical (unpaired) electrons. The van der Waals surface area contributed by atoms with E-state index in [0.29, 0.717) is 0 Å². The van der Waals surface area contributed by atoms with Crippen molar-refractivity contribution < 1.29 is 39.9 Å². The summed E-state index contributed by atoms with van der Waals surface area (Å²) >= 11 is 0. The molecule has 5 N–H and O–H groups in total. The molecule has 0 spiro atoms. The Hall–Kier alpha value is -1.22. The van der Waals surface area contributed by atoms with Crippen molar-refractivity contribution in [3.63, 3.8) is 0 Å². The van der Waals surface area contributed by atoms with E-state index in [4.69, 9.17) is 20.1 Å². The van der Waals surface area contributed by atoms with E-state index in [1.807, 2.05) is 0 Å². The van der Waals surface area contributed by atoms with Crippen LogP contribution in [0.25, 0.3) is 0 Å². The van der Waals surface area contributed by atoms with E-state index in [1.165, 1.54) is 0 Å². The average Bonchev–Trinajstić information content (AvgIpc) is 2.26. The first-order chi connectivity index (χ1) is 8.18. The number of carbonyl (C=O) groups is 2. The molecule has 0 amide bonds. The van der Waals surface area contributed by atoms with E-state index in [1.54, 1.807) is 13.8 Å². The van der Waals surface area contributed by atoms with Crippen molar-refractivity contribution in [1.82, 2.24) is 0 Å². The second-order valence-corrected chi connectivity index (χ2v) is 4.25. The van der Waals surface area contributed by atoms with Crippen LogP contribution in [-0.2, 0) is 14.3 Å². The largest absolute Gasteiger partial charge is 0.479 e. The smallest absolute Gasteiger partial charge is 0.335 e. The molecule has 0 aliphatic carbocycles. The molecule has 0 saturated heterocycles. The summed E-state index contributed by atoms with van der Waals surface area (Å²) in [6.45, 7) is 3.48. The Labute approximate surface area is 103 Å². The van der Waals surface area contributed by atoms with Crippen molar-refractivity contribution in [2.24, 2.45) is 5.92 Å². The fourth-order valence-corrected chi connectivity index (χ4v) is 1.15. The van der Waals surface area contributed by atoms with Crippen LogP contribution in [0.15, 0.2) is 0 Å². The van der Waals surface area contributed by atoms with E-state index in [-0.39, 0.29) is 12.5 Å². The molecular weight excluding hydrogens is 248 g/mol. The number of aliphatic carboxylic acids is 2. The highest BCUT2D eigenvalue weighted by atomic mass is 16.5. The zero-order valence-electron chi connectivity index (χ0n) is 10.1. The Morgan fingerprint density at radius 2 is 1.44 bits per heavy atom. The zero-order chi connectivity index (χ0) is 14.5. The maximum absolute atomic E-state index is 10.6. The summed E-state index contributed by atoms with van der Waals surface area (Å²) < 4.78 is 4.96. The van der Waals surface area contributed by atoms with E-state index in [0.717, 1.165) is 0 Å². The monoisotopic (exact) mass is 266 g/mol. The number of hydrogen-bond acceptors (Lipinski definition) is 6. The van der Waals surface area contributed by atoms with Gasteiger partial charge in [0, 0.05) is 6.61 Å². The van der Waals surface area contributed by atoms with Gasteiger partial charge in [0.2, 0.25) is 0 Å². The molecule has 0 bridgehead atoms. The molecule has 0 aromatic rings. The van der Waals surface area contributed by atoms with Crippen LogP contribution in [0.1, 0.15) is 13.8 Å². The van der Waals surface area contributed by atoms with Crippen LogP contribution in [0.4, 0.5) is 0 Å². The highest BCUT2D eigenvalue weighted by molar-refractivity contribution is 5.75. The summed E-state index contributed by atoms with van der Waals surface area (Å²) in [5.41, 5.74) is 0. The highest BCUT2D eigenvalue weighted by Crippen LogP contribution is 2.12. The second kappa shape index (κ2) is 7.27. The average molecular weight is 266 g/mol. The summed E-state index contributed by atoms with van der Waals surface area (Å²) in [7, 11) is 0. The molecule has 0 aromatic heterocycles. The van der Waals surface area contributed by atoms with E-state index in [2.05, 4.69) is 0 Å². The molecule has 0 aliphatic heterocycles. The van der Waals surface area contributed by atoms with Crippen molar-refractivity contribution in [1.29, 1.82) is 0 Å². The maximum atomic E-state index is 10.6. The molecule has 0 unspecified atom stereocenters. The van der Waals surface area contributed by atoms with Gasteiger partial charge >= 0.3 is 11.9 Å². The number of ether oxygens (including phenoxy) is 1. The van der Waals surface area contributed by atoms with E-state index >= 15 is 0 Å². The highest BCUT2D eigenvalue weighted by Gasteiger charge is 2.39. The van der Waals surface area contributed by atoms with Crippen molar-refractivity contribution in [3.8, 4) is 0 Å². The van der Waals surface area contributed by atoms with Gasteiger partial charge in [-0.25, -0.2) is 9.59 Å². The third-order valence-corrected chi connectivity index (χ3v) is 2.10. The molecule has 0 heterocycles. The van der Waals surface area contributed by atoms with E-state index < -0.39 is 36.4 Å². The normalized spacial score (nSPS) is 18.1. The number of aliphatic hydroxyl groups is 3. The summed E-state index contributed by atoms with van der Waals surface area (Å²) in [4.78, 5) is 21.1. The lowest BCUT2D eigenvalue weighted by atomic mass is 10.0. The van der Waals surface area contributed by atoms with Gasteiger partial charge in [0.15, 0.2) is 12.2 Å². The first-order valence-electron chi connectivity index (χ1n) is 5.29. The van der Waals surface area contributed by atoms with Crippen LogP contribution in [0, 0.1) is 5.92 Å². The number of rotatable bonds is 8. The molecule has 0 fully saturated rings. The van der Waals surface area contributed by atoms with Crippen LogP contribution in [0.3, 0.4) is 0 Å². The lowest BCUT2D eigenvalue weighted by Crippen LogP contribution is -2.51. The van der Waals surface area contributed by atoms with Gasteiger partial charge in [-0.1, -0.05) is 13.8 Å². The minimum atomic E-state index is -2.24. The molecule has 8 heteroatoms. The standard InChI is InChI=1S/C10H18O8/c1-4(2)3-18-8(7(13)10(16)17)5(11)6(12)9(14)15/h4-8,11-13H,3H2,1-2H3,(H,14,15)(H,16,17)/t5-,6+,7-,8+/m1/s1. The number of hydrogen-bond donors (Lipinski definition) is 5. The van der Waals surface area contributed by atoms with Crippen LogP contribution >= 0.6 is 0 Å². The van der Waals surface area contributed by atoms with Gasteiger partial charge in [0.25, 0.3) is 0 Å². The van der Waals surface area contributed by atoms with Crippen molar-refractivity contribution in [2.45, 2.75) is 38.3 Å². The first-order valence-corrected chi connectivity index (χ1v) is 5.29. The lowest BCUT2D eigenvalue weighted by molar-refractivity contribution is -0.181. The third-order valence-electron chi connectivity index (χ3n) is 2.10. The molecule has 0 aromatic carbocycles. The van der Waals surface area contributed by atoms with Gasteiger partial charge in [-0.05, 0) is 5.92 Å². The third kappa shape index (κ3) is 4.96. The minimum Gasteiger partial charge on any atom is -0.479 e. The quantitative estimate of drug-likeness (QED) is 0.349. The zero-order valence-corrected chi connectivity index (χ0v) is 10.1. The molecule has 0 saturated carbocycles. The minimum absolute atomic E-state index is 0.00158. The maximum Gasteiger partial charge on any atom is 0.335 e. The predicted molar refractivity (Wildman–Crippen MR) is 57.9 cm³/mol. The molecule has 0 rings (SSSR count). The summed E-state index contributed by atoms with van der Waals surface area (Å²) in [6.07, 6.45) is -8.15. The SMILES string of the molecule is CC(C)CO[C@@H]([C@H](O)[C@H](O)C(=O)O)[C@@H](O)C(=O)O. The molecular formula is C10H18O8. The topological polar surface area (TPSA) is 145 Å². The Morgan fingerprint density at radius 1 is 1.00 bits per heavy atom. The molecule has 18 heavy (non-hydrogen) atoms. The Morgan fingerprint density at radius 3 is 1.78 bits per heavy atom. The summed E-state index contributed by atoms with van der Waals surface area (Å²) in [6, 6.07) is 0. The van der Waals surface area contributed by atoms with Crippen LogP contribution in [0.5, 0.6) is 0 Å². The van der Waals surface area contributed by atoms with Gasteiger partial charge in [0.1, 0.15) is 12.2 Å². The van der Waals surface area contributed by atoms with Crippen LogP contribution in [-0.4, -0.2) is 68.5 Å². The lowest BCUT2D eigenvalue weighted by Gasteiger charge is -2.27. The van der Waals surface area contributed by atoms with Gasteiger partial charge in [0.05, 0.1) is 0 Å². The van der Waals surface area contributed by atoms with Crippen molar-refractivity contribution in [2.75, 3.05) is 6.61 Å². The molecule has 0 aliphatic rings. The Kier molecular flexibility index (Phi) is 6.77. The summed E-state index contributed by atoms with van der Waals surface area (Å²) in [5, 5.41) is 45.1. The summed E-state index contributed by atoms with van der Waals surface area (Å²) in [5.74, 6) is -3.44.